The number of nitrogens with zero attached hydrogens (tertiary/aromatic N) is 2. The molecule has 2 N–H and O–H groups in total. The average molecular weight is 348 g/mol. The van der Waals surface area contributed by atoms with E-state index >= 15 is 0 Å². The van der Waals surface area contributed by atoms with Crippen molar-refractivity contribution in [1.82, 2.24) is 15.3 Å². The Balaban J connectivity index is 2.34. The molecule has 1 amide bonds. The van der Waals surface area contributed by atoms with Crippen LogP contribution in [0.25, 0.3) is 0 Å². The number of carbonyl (C=O) groups excluding carboxylic acids is 1. The maximum atomic E-state index is 11.5. The van der Waals surface area contributed by atoms with Crippen LogP contribution in [0.4, 0.5) is 5.82 Å². The zero-order chi connectivity index (χ0) is 12.9. The first kappa shape index (κ1) is 14.1. The van der Waals surface area contributed by atoms with Crippen LogP contribution in [0.5, 0.6) is 0 Å². The largest absolute Gasteiger partial charge is 0.369 e. The molecular weight excluding hydrogens is 331 g/mol. The van der Waals surface area contributed by atoms with Gasteiger partial charge in [0.15, 0.2) is 0 Å². The van der Waals surface area contributed by atoms with Crippen molar-refractivity contribution < 1.29 is 4.79 Å². The van der Waals surface area contributed by atoms with Gasteiger partial charge in [-0.2, -0.15) is 0 Å². The number of anilines is 1. The normalized spacial score (nSPS) is 11.1. The summed E-state index contributed by atoms with van der Waals surface area (Å²) in [6, 6.07) is 0. The van der Waals surface area contributed by atoms with Crippen LogP contribution >= 0.6 is 22.6 Å². The Labute approximate surface area is 115 Å². The minimum atomic E-state index is -0.180. The van der Waals surface area contributed by atoms with Crippen molar-refractivity contribution >= 4 is 34.3 Å². The van der Waals surface area contributed by atoms with Crippen LogP contribution in [-0.2, 0) is 4.79 Å². The molecule has 1 heterocycles. The third kappa shape index (κ3) is 5.81. The van der Waals surface area contributed by atoms with E-state index in [0.717, 1.165) is 9.39 Å². The number of amides is 1. The number of carbonyl (C=O) groups is 1. The molecule has 1 aromatic heterocycles. The third-order valence-electron chi connectivity index (χ3n) is 1.83. The Morgan fingerprint density at radius 1 is 1.47 bits per heavy atom. The number of hydrogen-bond acceptors (Lipinski definition) is 4. The van der Waals surface area contributed by atoms with Crippen molar-refractivity contribution in [3.8, 4) is 0 Å². The van der Waals surface area contributed by atoms with Gasteiger partial charge in [0.25, 0.3) is 0 Å². The summed E-state index contributed by atoms with van der Waals surface area (Å²) in [5.74, 6) is 0.804. The third-order valence-corrected chi connectivity index (χ3v) is 2.62. The maximum absolute atomic E-state index is 11.5. The minimum Gasteiger partial charge on any atom is -0.369 e. The van der Waals surface area contributed by atoms with Gasteiger partial charge in [-0.05, 0) is 43.4 Å². The van der Waals surface area contributed by atoms with Crippen LogP contribution < -0.4 is 10.6 Å². The zero-order valence-corrected chi connectivity index (χ0v) is 12.4. The fraction of sp³-hybridized carbons (Fsp3) is 0.545. The Morgan fingerprint density at radius 2 is 2.18 bits per heavy atom. The molecule has 0 saturated heterocycles. The number of rotatable bonds is 4. The lowest BCUT2D eigenvalue weighted by Gasteiger charge is -2.20. The number of nitrogens with one attached hydrogen (secondary N) is 2. The number of halogens is 1. The highest BCUT2D eigenvalue weighted by Crippen LogP contribution is 2.11. The van der Waals surface area contributed by atoms with E-state index in [1.54, 1.807) is 6.20 Å². The second kappa shape index (κ2) is 6.13. The van der Waals surface area contributed by atoms with E-state index in [-0.39, 0.29) is 11.4 Å². The SMILES string of the molecule is CC(C)(C)NC(=O)CCNc1ncncc1I. The first-order chi connectivity index (χ1) is 7.88. The molecule has 5 nitrogen and oxygen atoms in total. The highest BCUT2D eigenvalue weighted by molar-refractivity contribution is 14.1. The average Bonchev–Trinajstić information content (AvgIpc) is 2.18. The second-order valence-electron chi connectivity index (χ2n) is 4.69. The Hall–Kier alpha value is -0.920. The van der Waals surface area contributed by atoms with E-state index in [0.29, 0.717) is 13.0 Å². The lowest BCUT2D eigenvalue weighted by atomic mass is 10.1. The van der Waals surface area contributed by atoms with Crippen LogP contribution in [0.2, 0.25) is 0 Å². The molecule has 17 heavy (non-hydrogen) atoms. The van der Waals surface area contributed by atoms with E-state index in [4.69, 9.17) is 0 Å². The van der Waals surface area contributed by atoms with E-state index in [1.165, 1.54) is 6.33 Å². The van der Waals surface area contributed by atoms with Crippen molar-refractivity contribution in [3.63, 3.8) is 0 Å². The van der Waals surface area contributed by atoms with Gasteiger partial charge in [0.1, 0.15) is 12.1 Å². The van der Waals surface area contributed by atoms with E-state index in [9.17, 15) is 4.79 Å². The van der Waals surface area contributed by atoms with E-state index < -0.39 is 0 Å². The van der Waals surface area contributed by atoms with Crippen molar-refractivity contribution in [1.29, 1.82) is 0 Å². The van der Waals surface area contributed by atoms with Crippen molar-refractivity contribution in [2.45, 2.75) is 32.7 Å². The molecule has 0 aliphatic carbocycles. The van der Waals surface area contributed by atoms with Gasteiger partial charge in [-0.15, -0.1) is 0 Å². The summed E-state index contributed by atoms with van der Waals surface area (Å²) in [4.78, 5) is 19.5. The van der Waals surface area contributed by atoms with Gasteiger partial charge < -0.3 is 10.6 Å². The zero-order valence-electron chi connectivity index (χ0n) is 10.2. The van der Waals surface area contributed by atoms with Crippen molar-refractivity contribution in [2.75, 3.05) is 11.9 Å². The molecule has 94 valence electrons. The Morgan fingerprint density at radius 3 is 2.76 bits per heavy atom. The molecule has 0 spiro atoms. The molecule has 0 unspecified atom stereocenters. The fourth-order valence-electron chi connectivity index (χ4n) is 1.22. The monoisotopic (exact) mass is 348 g/mol. The number of hydrogen-bond donors (Lipinski definition) is 2. The van der Waals surface area contributed by atoms with E-state index in [2.05, 4.69) is 43.2 Å². The van der Waals surface area contributed by atoms with Gasteiger partial charge in [-0.1, -0.05) is 0 Å². The van der Waals surface area contributed by atoms with Crippen LogP contribution in [0.1, 0.15) is 27.2 Å². The Bertz CT molecular complexity index is 389. The summed E-state index contributed by atoms with van der Waals surface area (Å²) in [6.45, 7) is 6.46. The van der Waals surface area contributed by atoms with Gasteiger partial charge in [0, 0.05) is 24.7 Å². The van der Waals surface area contributed by atoms with Gasteiger partial charge in [-0.25, -0.2) is 9.97 Å². The van der Waals surface area contributed by atoms with Gasteiger partial charge in [0.2, 0.25) is 5.91 Å². The topological polar surface area (TPSA) is 66.9 Å². The summed E-state index contributed by atoms with van der Waals surface area (Å²) in [5, 5.41) is 6.02. The van der Waals surface area contributed by atoms with Crippen LogP contribution in [0.3, 0.4) is 0 Å². The van der Waals surface area contributed by atoms with Gasteiger partial charge in [-0.3, -0.25) is 4.79 Å². The summed E-state index contributed by atoms with van der Waals surface area (Å²) in [7, 11) is 0. The van der Waals surface area contributed by atoms with Gasteiger partial charge >= 0.3 is 0 Å². The van der Waals surface area contributed by atoms with E-state index in [1.807, 2.05) is 20.8 Å². The molecule has 0 saturated carbocycles. The Kier molecular flexibility index (Phi) is 5.10. The smallest absolute Gasteiger partial charge is 0.222 e. The molecule has 0 fully saturated rings. The molecule has 0 atom stereocenters. The van der Waals surface area contributed by atoms with Crippen molar-refractivity contribution in [2.24, 2.45) is 0 Å². The molecule has 0 bridgehead atoms. The molecule has 0 aliphatic heterocycles. The molecular formula is C11H17IN4O. The van der Waals surface area contributed by atoms with Crippen molar-refractivity contribution in [3.05, 3.63) is 16.1 Å². The van der Waals surface area contributed by atoms with Crippen LogP contribution in [0, 0.1) is 3.57 Å². The maximum Gasteiger partial charge on any atom is 0.222 e. The molecule has 0 radical (unpaired) electrons. The lowest BCUT2D eigenvalue weighted by molar-refractivity contribution is -0.122. The highest BCUT2D eigenvalue weighted by Gasteiger charge is 2.13. The standard InChI is InChI=1S/C11H17IN4O/c1-11(2,3)16-9(17)4-5-14-10-8(12)6-13-7-15-10/h6-7H,4-5H2,1-3H3,(H,16,17)(H,13,14,15). The molecule has 1 rings (SSSR count). The molecule has 0 aromatic carbocycles. The summed E-state index contributed by atoms with van der Waals surface area (Å²) in [5.41, 5.74) is -0.180. The molecule has 0 aliphatic rings. The first-order valence-corrected chi connectivity index (χ1v) is 6.47. The minimum absolute atomic E-state index is 0.0362. The summed E-state index contributed by atoms with van der Waals surface area (Å²) < 4.78 is 0.946. The molecule has 1 aromatic rings. The second-order valence-corrected chi connectivity index (χ2v) is 5.86. The highest BCUT2D eigenvalue weighted by atomic mass is 127. The molecule has 6 heteroatoms. The predicted octanol–water partition coefficient (Wildman–Crippen LogP) is 1.80. The van der Waals surface area contributed by atoms with Crippen LogP contribution in [-0.4, -0.2) is 28.0 Å². The van der Waals surface area contributed by atoms with Crippen LogP contribution in [0.15, 0.2) is 12.5 Å². The summed E-state index contributed by atoms with van der Waals surface area (Å²) in [6.07, 6.45) is 3.64. The first-order valence-electron chi connectivity index (χ1n) is 5.39. The number of aromatic nitrogens is 2. The summed E-state index contributed by atoms with van der Waals surface area (Å²) >= 11 is 2.15. The lowest BCUT2D eigenvalue weighted by Crippen LogP contribution is -2.41. The fourth-order valence-corrected chi connectivity index (χ4v) is 1.71. The van der Waals surface area contributed by atoms with Gasteiger partial charge in [0.05, 0.1) is 3.57 Å². The predicted molar refractivity (Wildman–Crippen MR) is 75.8 cm³/mol. The quantitative estimate of drug-likeness (QED) is 0.815.